The van der Waals surface area contributed by atoms with Crippen LogP contribution >= 0.6 is 0 Å². The van der Waals surface area contributed by atoms with Gasteiger partial charge >= 0.3 is 0 Å². The highest BCUT2D eigenvalue weighted by atomic mass is 16.8. The third-order valence-corrected chi connectivity index (χ3v) is 25.0. The summed E-state index contributed by atoms with van der Waals surface area (Å²) in [6.07, 6.45) is -107. The Labute approximate surface area is 793 Å². The van der Waals surface area contributed by atoms with Crippen molar-refractivity contribution in [3.63, 3.8) is 0 Å². The van der Waals surface area contributed by atoms with Gasteiger partial charge < -0.3 is 280 Å². The van der Waals surface area contributed by atoms with Crippen molar-refractivity contribution in [2.45, 2.75) is 373 Å². The van der Waals surface area contributed by atoms with Gasteiger partial charge in [-0.2, -0.15) is 0 Å². The van der Waals surface area contributed by atoms with Gasteiger partial charge in [0, 0.05) is 41.5 Å². The maximum atomic E-state index is 13.5. The highest BCUT2D eigenvalue weighted by Crippen LogP contribution is 2.42. The number of hydrogen-bond donors (Lipinski definition) is 36. The number of aliphatic hydroxyl groups excluding tert-OH is 30. The molecule has 10 saturated heterocycles. The van der Waals surface area contributed by atoms with Crippen molar-refractivity contribution < 1.29 is 277 Å². The maximum absolute atomic E-state index is 13.5. The molecule has 0 aliphatic carbocycles. The first-order chi connectivity index (χ1) is 66.2. The van der Waals surface area contributed by atoms with Crippen LogP contribution in [0.15, 0.2) is 0 Å². The molecule has 0 spiro atoms. The molecule has 6 amide bonds. The molecule has 10 rings (SSSR count). The van der Waals surface area contributed by atoms with E-state index in [1.165, 1.54) is 0 Å². The molecule has 10 fully saturated rings. The second-order valence-corrected chi connectivity index (χ2v) is 35.1. The average Bonchev–Trinajstić information content (AvgIpc) is 0.753. The van der Waals surface area contributed by atoms with E-state index >= 15 is 0 Å². The van der Waals surface area contributed by atoms with Crippen LogP contribution in [0.25, 0.3) is 0 Å². The number of ether oxygens (including phenoxy) is 20. The molecule has 0 aromatic carbocycles. The molecule has 62 heteroatoms. The zero-order chi connectivity index (χ0) is 104. The molecule has 54 atom stereocenters. The normalized spacial score (nSPS) is 45.7. The van der Waals surface area contributed by atoms with E-state index in [-0.39, 0.29) is 0 Å². The molecule has 140 heavy (non-hydrogen) atoms. The molecule has 0 aromatic heterocycles. The van der Waals surface area contributed by atoms with Gasteiger partial charge in [0.15, 0.2) is 62.9 Å². The topological polar surface area (TPSA) is 966 Å². The third-order valence-electron chi connectivity index (χ3n) is 25.0. The van der Waals surface area contributed by atoms with E-state index in [9.17, 15) is 182 Å². The third kappa shape index (κ3) is 26.9. The minimum absolute atomic E-state index is 0.850. The summed E-state index contributed by atoms with van der Waals surface area (Å²) in [6, 6.07) is -11.7. The van der Waals surface area contributed by atoms with Crippen molar-refractivity contribution in [1.82, 2.24) is 31.9 Å². The summed E-state index contributed by atoms with van der Waals surface area (Å²) in [5.41, 5.74) is 0. The van der Waals surface area contributed by atoms with Crippen molar-refractivity contribution >= 4 is 35.4 Å². The Morgan fingerprint density at radius 3 is 0.893 bits per heavy atom. The van der Waals surface area contributed by atoms with Crippen molar-refractivity contribution in [2.24, 2.45) is 0 Å². The number of nitrogens with one attached hydrogen (secondary N) is 6. The Bertz CT molecular complexity index is 3860. The van der Waals surface area contributed by atoms with E-state index in [2.05, 4.69) is 31.9 Å². The van der Waals surface area contributed by atoms with E-state index in [0.717, 1.165) is 41.5 Å². The number of aliphatic hydroxyl groups is 30. The van der Waals surface area contributed by atoms with E-state index in [1.807, 2.05) is 0 Å². The Kier molecular flexibility index (Phi) is 43.5. The summed E-state index contributed by atoms with van der Waals surface area (Å²) in [4.78, 5) is 77.5. The van der Waals surface area contributed by atoms with Crippen LogP contribution in [0.3, 0.4) is 0 Å². The van der Waals surface area contributed by atoms with Crippen LogP contribution in [0.4, 0.5) is 0 Å². The van der Waals surface area contributed by atoms with Crippen LogP contribution in [-0.2, 0) is 124 Å². The molecule has 62 nitrogen and oxygen atoms in total. The van der Waals surface area contributed by atoms with Gasteiger partial charge in [0.2, 0.25) is 35.4 Å². The number of hydrogen-bond acceptors (Lipinski definition) is 56. The Morgan fingerprint density at radius 1 is 0.243 bits per heavy atom. The SMILES string of the molecule is CC(=O)N[C@H]1[C@H](O[C@@H]([C@H](O)[C@H](CO)NC(C)=O)[C@H](O)CO)O[C@H](CO)[C@@H](O[C@@H]2O[C@H](CO[C@H]3O[C@H](CO[C@@H]4O[C@H](CO)[C@@H](O)[C@H](O)[C@H]4NC(C)=O)[C@@H](O)[C@H](O)[C@@H]3O[C@@H]3O[C@H](CO)[C@@H](O)[C@H](O)[C@H]3NC(C)=O)[C@@H](O)[C@H](O[C@H]3O[C@H](CO)[C@@H](O[C@@H]4O[C@H](CO)[C@@H](O[C@@H]5O[C@H](CO)[C@H](O)[C@H](O)[C@H]5O)[C@H](O)[C@H]4NC(C)=O)[C@H](O)[C@@H]3O[C@@H]3O[C@H](CO)[C@@H](O[C@@H]4O[C@H](CO)[C@H](O)[C@H](O)[C@H]4O)[C@H](O)[C@H]3NC(C)=O)[C@@H]2O)[C@@H]1O. The minimum Gasteiger partial charge on any atom is -0.394 e. The lowest BCUT2D eigenvalue weighted by molar-refractivity contribution is -0.406. The summed E-state index contributed by atoms with van der Waals surface area (Å²) in [5, 5.41) is 353. The zero-order valence-corrected chi connectivity index (χ0v) is 75.7. The molecule has 10 aliphatic rings. The van der Waals surface area contributed by atoms with E-state index in [0.29, 0.717) is 0 Å². The van der Waals surface area contributed by atoms with E-state index < -0.39 is 446 Å². The van der Waals surface area contributed by atoms with E-state index in [1.54, 1.807) is 0 Å². The fourth-order valence-electron chi connectivity index (χ4n) is 17.7. The smallest absolute Gasteiger partial charge is 0.217 e. The van der Waals surface area contributed by atoms with Gasteiger partial charge in [-0.05, 0) is 0 Å². The van der Waals surface area contributed by atoms with Gasteiger partial charge in [0.1, 0.15) is 262 Å². The monoisotopic (exact) mass is 2050 g/mol. The molecule has 36 N–H and O–H groups in total. The molecule has 0 saturated carbocycles. The summed E-state index contributed by atoms with van der Waals surface area (Å²) in [5.74, 6) is -5.83. The maximum Gasteiger partial charge on any atom is 0.217 e. The van der Waals surface area contributed by atoms with Crippen molar-refractivity contribution in [2.75, 3.05) is 79.3 Å². The van der Waals surface area contributed by atoms with Gasteiger partial charge in [-0.3, -0.25) is 28.8 Å². The quantitative estimate of drug-likeness (QED) is 0.0270. The zero-order valence-electron chi connectivity index (χ0n) is 75.7. The number of carbonyl (C=O) groups is 6. The van der Waals surface area contributed by atoms with Gasteiger partial charge in [-0.1, -0.05) is 0 Å². The van der Waals surface area contributed by atoms with E-state index in [4.69, 9.17) is 94.7 Å². The first-order valence-corrected chi connectivity index (χ1v) is 44.5. The standard InChI is InChI=1S/C78H132N6O56/c1-19(95)79-25(7-85)42(102)61(26(101)8-86)133-71-39(82-22(4)98)51(111)64(33(15-93)127-71)137-76-60(120)66(48(108)36(131-76)18-122-77-67(139-70-38(81-21(3)97)50(110)44(104)28(10-88)124-70)56(116)47(107)35(132-77)17-121-69-37(80-20(2)96)49(109)43(103)27(9-87)123-69)138-78-68(140-73-41(84-24(6)100)53(113)63(32(14-92)129-73)136-75-58(118)55(115)46(106)30(12-90)126-75)59(119)65(34(16-94)130-78)134-72-40(83-23(5)99)52(112)62(31(13-91)128-72)135-74-57(117)54(114)45(105)29(11-89)125-74/h25-78,85-94,101-120H,7-18H2,1-6H3,(H,79,95)(H,80,96)(H,81,97)(H,82,98)(H,83,99)(H,84,100)/t25-,26+,27+,28+,29+,30+,31+,32+,33+,34+,35+,36+,37+,38+,39+,40+,41+,42+,43+,44+,45-,46-,47+,48+,49+,50+,51+,52+,53+,54-,55-,56-,57+,58+,59-,60-,61+,62+,63+,64+,65+,66-,67-,68-,69+,70-,71-,72-,73-,74-,75-,76-,77-,78+/m0/s1. The van der Waals surface area contributed by atoms with Gasteiger partial charge in [0.05, 0.1) is 85.3 Å². The largest absolute Gasteiger partial charge is 0.394 e. The first kappa shape index (κ1) is 117. The lowest BCUT2D eigenvalue weighted by atomic mass is 9.93. The highest BCUT2D eigenvalue weighted by Gasteiger charge is 2.63. The number of carbonyl (C=O) groups excluding carboxylic acids is 6. The predicted octanol–water partition coefficient (Wildman–Crippen LogP) is -24.5. The predicted molar refractivity (Wildman–Crippen MR) is 434 cm³/mol. The Hall–Kier alpha value is -5.18. The minimum atomic E-state index is -2.81. The second kappa shape index (κ2) is 52.1. The van der Waals surface area contributed by atoms with Crippen molar-refractivity contribution in [3.8, 4) is 0 Å². The summed E-state index contributed by atoms with van der Waals surface area (Å²) in [6.45, 7) is -8.76. The molecule has 0 unspecified atom stereocenters. The summed E-state index contributed by atoms with van der Waals surface area (Å²) >= 11 is 0. The van der Waals surface area contributed by atoms with Gasteiger partial charge in [0.25, 0.3) is 0 Å². The van der Waals surface area contributed by atoms with Crippen LogP contribution in [-0.4, -0.2) is 599 Å². The molecule has 0 radical (unpaired) electrons. The lowest BCUT2D eigenvalue weighted by Gasteiger charge is -2.52. The number of amides is 6. The van der Waals surface area contributed by atoms with Crippen molar-refractivity contribution in [1.29, 1.82) is 0 Å². The Morgan fingerprint density at radius 2 is 0.514 bits per heavy atom. The fourth-order valence-corrected chi connectivity index (χ4v) is 17.7. The lowest BCUT2D eigenvalue weighted by Crippen LogP contribution is -2.71. The molecule has 10 aliphatic heterocycles. The van der Waals surface area contributed by atoms with Crippen LogP contribution < -0.4 is 31.9 Å². The molecule has 0 bridgehead atoms. The fraction of sp³-hybridized carbons (Fsp3) is 0.923. The average molecular weight is 2050 g/mol. The first-order valence-electron chi connectivity index (χ1n) is 44.5. The highest BCUT2D eigenvalue weighted by molar-refractivity contribution is 5.75. The summed E-state index contributed by atoms with van der Waals surface area (Å²) < 4.78 is 121. The molecule has 10 heterocycles. The second-order valence-electron chi connectivity index (χ2n) is 35.1. The summed E-state index contributed by atoms with van der Waals surface area (Å²) in [7, 11) is 0. The van der Waals surface area contributed by atoms with Crippen LogP contribution in [0.1, 0.15) is 41.5 Å². The van der Waals surface area contributed by atoms with Crippen LogP contribution in [0, 0.1) is 0 Å². The molecular formula is C78H132N6O56. The Balaban J connectivity index is 1.09. The molecular weight excluding hydrogens is 1920 g/mol. The molecule has 0 aromatic rings. The van der Waals surface area contributed by atoms with Crippen LogP contribution in [0.2, 0.25) is 0 Å². The number of rotatable bonds is 41. The molecule has 810 valence electrons. The van der Waals surface area contributed by atoms with Gasteiger partial charge in [-0.25, -0.2) is 0 Å². The van der Waals surface area contributed by atoms with Crippen molar-refractivity contribution in [3.05, 3.63) is 0 Å². The van der Waals surface area contributed by atoms with Gasteiger partial charge in [-0.15, -0.1) is 0 Å². The van der Waals surface area contributed by atoms with Crippen LogP contribution in [0.5, 0.6) is 0 Å².